The van der Waals surface area contributed by atoms with Crippen molar-refractivity contribution in [2.75, 3.05) is 12.3 Å². The van der Waals surface area contributed by atoms with E-state index >= 15 is 0 Å². The molecule has 2 aromatic rings. The molecule has 2 heterocycles. The molecule has 1 aliphatic heterocycles. The van der Waals surface area contributed by atoms with Crippen molar-refractivity contribution in [2.24, 2.45) is 5.92 Å². The SMILES string of the molecule is O=C(CSc1nc2ccccc2[nH]1)N1CCC[C@@H]2CCCC[C@@H]21. The molecule has 4 nitrogen and oxygen atoms in total. The van der Waals surface area contributed by atoms with Gasteiger partial charge in [-0.2, -0.15) is 0 Å². The molecule has 1 N–H and O–H groups in total. The maximum Gasteiger partial charge on any atom is 0.233 e. The highest BCUT2D eigenvalue weighted by molar-refractivity contribution is 7.99. The number of carbonyl (C=O) groups excluding carboxylic acids is 1. The third-order valence-electron chi connectivity index (χ3n) is 5.26. The molecule has 2 fully saturated rings. The van der Waals surface area contributed by atoms with Crippen molar-refractivity contribution in [1.82, 2.24) is 14.9 Å². The highest BCUT2D eigenvalue weighted by Crippen LogP contribution is 2.35. The van der Waals surface area contributed by atoms with Crippen molar-refractivity contribution < 1.29 is 4.79 Å². The van der Waals surface area contributed by atoms with E-state index in [0.717, 1.165) is 28.7 Å². The number of carbonyl (C=O) groups is 1. The number of nitrogens with one attached hydrogen (secondary N) is 1. The summed E-state index contributed by atoms with van der Waals surface area (Å²) in [5.41, 5.74) is 2.00. The monoisotopic (exact) mass is 329 g/mol. The molecule has 1 aromatic carbocycles. The zero-order valence-electron chi connectivity index (χ0n) is 13.3. The van der Waals surface area contributed by atoms with Gasteiger partial charge in [-0.1, -0.05) is 36.7 Å². The Morgan fingerprint density at radius 2 is 2.04 bits per heavy atom. The number of likely N-dealkylation sites (tertiary alicyclic amines) is 1. The lowest BCUT2D eigenvalue weighted by Crippen LogP contribution is -2.50. The van der Waals surface area contributed by atoms with Crippen LogP contribution in [-0.2, 0) is 4.79 Å². The molecule has 1 aromatic heterocycles. The predicted octanol–water partition coefficient (Wildman–Crippen LogP) is 3.84. The number of aromatic amines is 1. The van der Waals surface area contributed by atoms with Crippen molar-refractivity contribution in [3.8, 4) is 0 Å². The van der Waals surface area contributed by atoms with Crippen LogP contribution in [0, 0.1) is 5.92 Å². The maximum absolute atomic E-state index is 12.7. The lowest BCUT2D eigenvalue weighted by Gasteiger charge is -2.44. The van der Waals surface area contributed by atoms with E-state index in [0.29, 0.717) is 11.8 Å². The minimum absolute atomic E-state index is 0.284. The van der Waals surface area contributed by atoms with Gasteiger partial charge in [-0.3, -0.25) is 4.79 Å². The Morgan fingerprint density at radius 1 is 1.22 bits per heavy atom. The predicted molar refractivity (Wildman–Crippen MR) is 93.5 cm³/mol. The quantitative estimate of drug-likeness (QED) is 0.871. The third kappa shape index (κ3) is 3.11. The van der Waals surface area contributed by atoms with Gasteiger partial charge in [0.15, 0.2) is 5.16 Å². The number of fused-ring (bicyclic) bond motifs is 2. The number of H-pyrrole nitrogens is 1. The first-order valence-electron chi connectivity index (χ1n) is 8.68. The van der Waals surface area contributed by atoms with Crippen molar-refractivity contribution >= 4 is 28.7 Å². The first-order valence-corrected chi connectivity index (χ1v) is 9.67. The fourth-order valence-corrected chi connectivity index (χ4v) is 4.92. The number of benzene rings is 1. The van der Waals surface area contributed by atoms with Crippen LogP contribution in [0.2, 0.25) is 0 Å². The van der Waals surface area contributed by atoms with E-state index in [1.807, 2.05) is 24.3 Å². The average Bonchev–Trinajstić information content (AvgIpc) is 3.02. The Hall–Kier alpha value is -1.49. The smallest absolute Gasteiger partial charge is 0.233 e. The number of nitrogens with zero attached hydrogens (tertiary/aromatic N) is 2. The van der Waals surface area contributed by atoms with Crippen LogP contribution in [0.1, 0.15) is 38.5 Å². The number of imidazole rings is 1. The van der Waals surface area contributed by atoms with Gasteiger partial charge in [0.2, 0.25) is 5.91 Å². The Morgan fingerprint density at radius 3 is 2.96 bits per heavy atom. The number of aromatic nitrogens is 2. The summed E-state index contributed by atoms with van der Waals surface area (Å²) in [7, 11) is 0. The van der Waals surface area contributed by atoms with E-state index in [4.69, 9.17) is 0 Å². The lowest BCUT2D eigenvalue weighted by atomic mass is 9.78. The summed E-state index contributed by atoms with van der Waals surface area (Å²) < 4.78 is 0. The first kappa shape index (κ1) is 15.1. The van der Waals surface area contributed by atoms with Gasteiger partial charge >= 0.3 is 0 Å². The highest BCUT2D eigenvalue weighted by Gasteiger charge is 2.35. The van der Waals surface area contributed by atoms with Gasteiger partial charge in [0.1, 0.15) is 0 Å². The van der Waals surface area contributed by atoms with Gasteiger partial charge in [0.25, 0.3) is 0 Å². The zero-order chi connectivity index (χ0) is 15.6. The minimum Gasteiger partial charge on any atom is -0.339 e. The van der Waals surface area contributed by atoms with E-state index in [2.05, 4.69) is 14.9 Å². The van der Waals surface area contributed by atoms with Gasteiger partial charge in [-0.15, -0.1) is 0 Å². The van der Waals surface area contributed by atoms with E-state index in [1.165, 1.54) is 50.3 Å². The van der Waals surface area contributed by atoms with Crippen molar-refractivity contribution in [1.29, 1.82) is 0 Å². The third-order valence-corrected chi connectivity index (χ3v) is 6.12. The van der Waals surface area contributed by atoms with E-state index < -0.39 is 0 Å². The molecule has 5 heteroatoms. The van der Waals surface area contributed by atoms with Gasteiger partial charge in [-0.05, 0) is 43.7 Å². The summed E-state index contributed by atoms with van der Waals surface area (Å²) in [5, 5.41) is 0.844. The minimum atomic E-state index is 0.284. The molecule has 2 aliphatic rings. The molecular weight excluding hydrogens is 306 g/mol. The highest BCUT2D eigenvalue weighted by atomic mass is 32.2. The summed E-state index contributed by atoms with van der Waals surface area (Å²) in [6, 6.07) is 8.50. The molecule has 0 bridgehead atoms. The number of rotatable bonds is 3. The van der Waals surface area contributed by atoms with Gasteiger partial charge < -0.3 is 9.88 Å². The summed E-state index contributed by atoms with van der Waals surface area (Å²) in [4.78, 5) is 22.7. The summed E-state index contributed by atoms with van der Waals surface area (Å²) in [6.45, 7) is 0.945. The Kier molecular flexibility index (Phi) is 4.29. The van der Waals surface area contributed by atoms with Crippen LogP contribution in [0.4, 0.5) is 0 Å². The van der Waals surface area contributed by atoms with Crippen LogP contribution in [0.5, 0.6) is 0 Å². The molecule has 1 saturated heterocycles. The van der Waals surface area contributed by atoms with E-state index in [-0.39, 0.29) is 5.91 Å². The second kappa shape index (κ2) is 6.56. The van der Waals surface area contributed by atoms with Crippen LogP contribution in [-0.4, -0.2) is 39.1 Å². The molecule has 1 aliphatic carbocycles. The summed E-state index contributed by atoms with van der Waals surface area (Å²) in [6.07, 6.45) is 7.61. The van der Waals surface area contributed by atoms with Crippen LogP contribution < -0.4 is 0 Å². The van der Waals surface area contributed by atoms with Gasteiger partial charge in [0, 0.05) is 12.6 Å². The number of hydrogen-bond acceptors (Lipinski definition) is 3. The molecule has 0 unspecified atom stereocenters. The van der Waals surface area contributed by atoms with E-state index in [9.17, 15) is 4.79 Å². The second-order valence-electron chi connectivity index (χ2n) is 6.69. The number of hydrogen-bond donors (Lipinski definition) is 1. The van der Waals surface area contributed by atoms with Crippen LogP contribution in [0.3, 0.4) is 0 Å². The molecule has 23 heavy (non-hydrogen) atoms. The van der Waals surface area contributed by atoms with Crippen molar-refractivity contribution in [3.63, 3.8) is 0 Å². The van der Waals surface area contributed by atoms with Crippen LogP contribution in [0.15, 0.2) is 29.4 Å². The Labute approximate surface area is 141 Å². The molecule has 1 amide bonds. The van der Waals surface area contributed by atoms with Gasteiger partial charge in [-0.25, -0.2) is 4.98 Å². The number of amides is 1. The summed E-state index contributed by atoms with van der Waals surface area (Å²) in [5.74, 6) is 1.52. The second-order valence-corrected chi connectivity index (χ2v) is 7.65. The fraction of sp³-hybridized carbons (Fsp3) is 0.556. The standard InChI is InChI=1S/C18H23N3OS/c22-17(21-11-5-7-13-6-1-4-10-16(13)21)12-23-18-19-14-8-2-3-9-15(14)20-18/h2-3,8-9,13,16H,1,4-7,10-12H2,(H,19,20)/t13-,16-/m0/s1. The van der Waals surface area contributed by atoms with Gasteiger partial charge in [0.05, 0.1) is 16.8 Å². The largest absolute Gasteiger partial charge is 0.339 e. The lowest BCUT2D eigenvalue weighted by molar-refractivity contribution is -0.134. The number of para-hydroxylation sites is 2. The average molecular weight is 329 g/mol. The Balaban J connectivity index is 1.40. The molecule has 0 spiro atoms. The fourth-order valence-electron chi connectivity index (χ4n) is 4.15. The van der Waals surface area contributed by atoms with Crippen molar-refractivity contribution in [3.05, 3.63) is 24.3 Å². The Bertz CT molecular complexity index is 663. The van der Waals surface area contributed by atoms with Crippen LogP contribution >= 0.6 is 11.8 Å². The molecule has 0 radical (unpaired) electrons. The first-order chi connectivity index (χ1) is 11.3. The molecule has 122 valence electrons. The normalized spacial score (nSPS) is 24.6. The van der Waals surface area contributed by atoms with E-state index in [1.54, 1.807) is 0 Å². The molecular formula is C18H23N3OS. The number of piperidine rings is 1. The maximum atomic E-state index is 12.7. The molecule has 4 rings (SSSR count). The van der Waals surface area contributed by atoms with Crippen molar-refractivity contribution in [2.45, 2.75) is 49.7 Å². The summed E-state index contributed by atoms with van der Waals surface area (Å²) >= 11 is 1.53. The molecule has 1 saturated carbocycles. The van der Waals surface area contributed by atoms with Crippen LogP contribution in [0.25, 0.3) is 11.0 Å². The zero-order valence-corrected chi connectivity index (χ0v) is 14.1. The number of thioether (sulfide) groups is 1. The topological polar surface area (TPSA) is 49.0 Å². The molecule has 2 atom stereocenters.